The molecule has 0 radical (unpaired) electrons. The van der Waals surface area contributed by atoms with Crippen LogP contribution in [0.25, 0.3) is 0 Å². The van der Waals surface area contributed by atoms with Crippen molar-refractivity contribution in [3.63, 3.8) is 0 Å². The van der Waals surface area contributed by atoms with Crippen LogP contribution in [0, 0.1) is 11.7 Å². The number of hydrogen-bond acceptors (Lipinski definition) is 2. The number of nitrogens with one attached hydrogen (secondary N) is 1. The minimum Gasteiger partial charge on any atom is -0.341 e. The molecule has 1 aromatic carbocycles. The lowest BCUT2D eigenvalue weighted by Gasteiger charge is -2.19. The predicted molar refractivity (Wildman–Crippen MR) is 78.1 cm³/mol. The van der Waals surface area contributed by atoms with Crippen LogP contribution in [0.15, 0.2) is 18.2 Å². The lowest BCUT2D eigenvalue weighted by atomic mass is 10.0. The summed E-state index contributed by atoms with van der Waals surface area (Å²) >= 11 is 5.97. The fourth-order valence-corrected chi connectivity index (χ4v) is 2.70. The fraction of sp³-hybridized carbons (Fsp3) is 0.533. The Bertz CT molecular complexity index is 475. The topological polar surface area (TPSA) is 32.3 Å². The van der Waals surface area contributed by atoms with Crippen LogP contribution in [0.1, 0.15) is 24.8 Å². The van der Waals surface area contributed by atoms with Gasteiger partial charge in [-0.2, -0.15) is 0 Å². The van der Waals surface area contributed by atoms with Crippen LogP contribution in [0.3, 0.4) is 0 Å². The third-order valence-electron chi connectivity index (χ3n) is 3.78. The van der Waals surface area contributed by atoms with Crippen LogP contribution in [-0.4, -0.2) is 30.9 Å². The Morgan fingerprint density at radius 1 is 1.55 bits per heavy atom. The van der Waals surface area contributed by atoms with Crippen molar-refractivity contribution in [1.29, 1.82) is 0 Å². The van der Waals surface area contributed by atoms with Gasteiger partial charge in [-0.05, 0) is 49.5 Å². The van der Waals surface area contributed by atoms with Gasteiger partial charge in [-0.1, -0.05) is 17.7 Å². The average molecular weight is 299 g/mol. The average Bonchev–Trinajstić information content (AvgIpc) is 2.92. The molecule has 1 heterocycles. The molecule has 3 nitrogen and oxygen atoms in total. The number of amides is 1. The van der Waals surface area contributed by atoms with Gasteiger partial charge in [0.25, 0.3) is 0 Å². The molecule has 0 aromatic heterocycles. The molecular formula is C15H20ClFN2O. The van der Waals surface area contributed by atoms with Gasteiger partial charge in [0.1, 0.15) is 5.82 Å². The second-order valence-electron chi connectivity index (χ2n) is 5.38. The van der Waals surface area contributed by atoms with Crippen molar-refractivity contribution in [3.05, 3.63) is 34.6 Å². The molecule has 1 aliphatic heterocycles. The fourth-order valence-electron chi connectivity index (χ4n) is 2.47. The molecule has 0 spiro atoms. The summed E-state index contributed by atoms with van der Waals surface area (Å²) in [6, 6.07) is 4.27. The molecule has 0 bridgehead atoms. The molecule has 1 fully saturated rings. The lowest BCUT2D eigenvalue weighted by molar-refractivity contribution is -0.130. The smallest absolute Gasteiger partial charge is 0.222 e. The van der Waals surface area contributed by atoms with Gasteiger partial charge >= 0.3 is 0 Å². The number of benzene rings is 1. The maximum absolute atomic E-state index is 13.0. The third kappa shape index (κ3) is 4.18. The van der Waals surface area contributed by atoms with Gasteiger partial charge in [0, 0.05) is 25.0 Å². The number of nitrogens with zero attached hydrogens (tertiary/aromatic N) is 1. The number of rotatable bonds is 5. The highest BCUT2D eigenvalue weighted by Gasteiger charge is 2.17. The minimum atomic E-state index is -0.360. The summed E-state index contributed by atoms with van der Waals surface area (Å²) in [5, 5.41) is 3.67. The van der Waals surface area contributed by atoms with E-state index in [0.29, 0.717) is 23.9 Å². The van der Waals surface area contributed by atoms with Crippen LogP contribution >= 0.6 is 11.6 Å². The molecule has 1 aliphatic rings. The molecule has 1 saturated heterocycles. The molecule has 2 rings (SSSR count). The summed E-state index contributed by atoms with van der Waals surface area (Å²) in [6.07, 6.45) is 2.63. The Balaban J connectivity index is 1.83. The Morgan fingerprint density at radius 3 is 3.00 bits per heavy atom. The maximum Gasteiger partial charge on any atom is 0.222 e. The van der Waals surface area contributed by atoms with E-state index in [4.69, 9.17) is 11.6 Å². The van der Waals surface area contributed by atoms with E-state index in [1.54, 1.807) is 18.0 Å². The summed E-state index contributed by atoms with van der Waals surface area (Å²) in [5.74, 6) is 0.362. The Kier molecular flexibility index (Phi) is 5.38. The van der Waals surface area contributed by atoms with E-state index in [2.05, 4.69) is 5.32 Å². The van der Waals surface area contributed by atoms with Crippen molar-refractivity contribution < 1.29 is 9.18 Å². The van der Waals surface area contributed by atoms with Crippen molar-refractivity contribution in [3.8, 4) is 0 Å². The van der Waals surface area contributed by atoms with Crippen molar-refractivity contribution in [2.45, 2.75) is 25.8 Å². The monoisotopic (exact) mass is 298 g/mol. The SMILES string of the molecule is CN(Cc1ccc(F)cc1Cl)C(=O)CCC1CCNC1. The molecule has 1 amide bonds. The van der Waals surface area contributed by atoms with Gasteiger partial charge in [0.15, 0.2) is 0 Å². The van der Waals surface area contributed by atoms with Gasteiger partial charge in [-0.3, -0.25) is 4.79 Å². The first kappa shape index (κ1) is 15.3. The molecule has 1 aromatic rings. The maximum atomic E-state index is 13.0. The highest BCUT2D eigenvalue weighted by Crippen LogP contribution is 2.20. The number of hydrogen-bond donors (Lipinski definition) is 1. The van der Waals surface area contributed by atoms with Crippen molar-refractivity contribution in [1.82, 2.24) is 10.2 Å². The largest absolute Gasteiger partial charge is 0.341 e. The second-order valence-corrected chi connectivity index (χ2v) is 5.79. The van der Waals surface area contributed by atoms with E-state index in [9.17, 15) is 9.18 Å². The molecule has 0 aliphatic carbocycles. The van der Waals surface area contributed by atoms with Gasteiger partial charge in [0.2, 0.25) is 5.91 Å². The zero-order chi connectivity index (χ0) is 14.5. The molecule has 0 saturated carbocycles. The quantitative estimate of drug-likeness (QED) is 0.906. The van der Waals surface area contributed by atoms with E-state index in [1.165, 1.54) is 12.1 Å². The molecule has 1 unspecified atom stereocenters. The van der Waals surface area contributed by atoms with E-state index < -0.39 is 0 Å². The van der Waals surface area contributed by atoms with Gasteiger partial charge in [-0.15, -0.1) is 0 Å². The predicted octanol–water partition coefficient (Wildman–Crippen LogP) is 2.83. The summed E-state index contributed by atoms with van der Waals surface area (Å²) in [6.45, 7) is 2.49. The highest BCUT2D eigenvalue weighted by atomic mass is 35.5. The number of carbonyl (C=O) groups excluding carboxylic acids is 1. The molecule has 20 heavy (non-hydrogen) atoms. The van der Waals surface area contributed by atoms with E-state index in [0.717, 1.165) is 31.5 Å². The molecule has 110 valence electrons. The van der Waals surface area contributed by atoms with E-state index in [1.807, 2.05) is 0 Å². The van der Waals surface area contributed by atoms with Crippen molar-refractivity contribution in [2.75, 3.05) is 20.1 Å². The van der Waals surface area contributed by atoms with E-state index in [-0.39, 0.29) is 11.7 Å². The zero-order valence-electron chi connectivity index (χ0n) is 11.7. The highest BCUT2D eigenvalue weighted by molar-refractivity contribution is 6.31. The van der Waals surface area contributed by atoms with Crippen molar-refractivity contribution in [2.24, 2.45) is 5.92 Å². The summed E-state index contributed by atoms with van der Waals surface area (Å²) in [7, 11) is 1.76. The number of carbonyl (C=O) groups is 1. The normalized spacial score (nSPS) is 18.2. The zero-order valence-corrected chi connectivity index (χ0v) is 12.4. The first-order chi connectivity index (χ1) is 9.56. The molecular weight excluding hydrogens is 279 g/mol. The van der Waals surface area contributed by atoms with Crippen LogP contribution in [0.4, 0.5) is 4.39 Å². The third-order valence-corrected chi connectivity index (χ3v) is 4.13. The van der Waals surface area contributed by atoms with Crippen LogP contribution in [0.5, 0.6) is 0 Å². The first-order valence-corrected chi connectivity index (χ1v) is 7.32. The number of halogens is 2. The summed E-state index contributed by atoms with van der Waals surface area (Å²) in [5.41, 5.74) is 0.770. The van der Waals surface area contributed by atoms with Gasteiger partial charge in [-0.25, -0.2) is 4.39 Å². The first-order valence-electron chi connectivity index (χ1n) is 6.95. The minimum absolute atomic E-state index is 0.109. The summed E-state index contributed by atoms with van der Waals surface area (Å²) in [4.78, 5) is 13.7. The molecule has 1 atom stereocenters. The van der Waals surface area contributed by atoms with Crippen molar-refractivity contribution >= 4 is 17.5 Å². The van der Waals surface area contributed by atoms with Crippen LogP contribution in [0.2, 0.25) is 5.02 Å². The lowest BCUT2D eigenvalue weighted by Crippen LogP contribution is -2.26. The summed E-state index contributed by atoms with van der Waals surface area (Å²) < 4.78 is 13.0. The van der Waals surface area contributed by atoms with Crippen LogP contribution in [-0.2, 0) is 11.3 Å². The molecule has 5 heteroatoms. The van der Waals surface area contributed by atoms with Crippen LogP contribution < -0.4 is 5.32 Å². The molecule has 1 N–H and O–H groups in total. The Hall–Kier alpha value is -1.13. The Morgan fingerprint density at radius 2 is 2.35 bits per heavy atom. The van der Waals surface area contributed by atoms with E-state index >= 15 is 0 Å². The van der Waals surface area contributed by atoms with Gasteiger partial charge in [0.05, 0.1) is 0 Å². The standard InChI is InChI=1S/C15H20ClFN2O/c1-19(10-12-3-4-13(17)8-14(12)16)15(20)5-2-11-6-7-18-9-11/h3-4,8,11,18H,2,5-7,9-10H2,1H3. The Labute approximate surface area is 124 Å². The van der Waals surface area contributed by atoms with Gasteiger partial charge < -0.3 is 10.2 Å². The second kappa shape index (κ2) is 7.04.